The van der Waals surface area contributed by atoms with Crippen molar-refractivity contribution < 1.29 is 12.8 Å². The van der Waals surface area contributed by atoms with Crippen LogP contribution in [0.1, 0.15) is 17.0 Å². The van der Waals surface area contributed by atoms with Crippen molar-refractivity contribution in [1.29, 1.82) is 0 Å². The van der Waals surface area contributed by atoms with Crippen molar-refractivity contribution in [1.82, 2.24) is 10.3 Å². The van der Waals surface area contributed by atoms with E-state index >= 15 is 0 Å². The molecule has 2 heterocycles. The molecule has 0 aliphatic rings. The second-order valence-corrected chi connectivity index (χ2v) is 5.63. The Labute approximate surface area is 111 Å². The summed E-state index contributed by atoms with van der Waals surface area (Å²) in [5.74, 6) is 0.512. The van der Waals surface area contributed by atoms with Crippen LogP contribution in [0.15, 0.2) is 40.0 Å². The highest BCUT2D eigenvalue weighted by Gasteiger charge is 2.12. The van der Waals surface area contributed by atoms with E-state index in [9.17, 15) is 8.42 Å². The number of nitrogens with two attached hydrogens (primary N) is 1. The Morgan fingerprint density at radius 2 is 2.11 bits per heavy atom. The van der Waals surface area contributed by atoms with Crippen LogP contribution in [0.5, 0.6) is 0 Å². The average molecular weight is 281 g/mol. The van der Waals surface area contributed by atoms with E-state index < -0.39 is 10.0 Å². The normalized spacial score (nSPS) is 11.7. The fraction of sp³-hybridized carbons (Fsp3) is 0.250. The van der Waals surface area contributed by atoms with Crippen molar-refractivity contribution in [2.24, 2.45) is 5.14 Å². The van der Waals surface area contributed by atoms with Gasteiger partial charge in [-0.15, -0.1) is 0 Å². The largest absolute Gasteiger partial charge is 0.447 e. The minimum absolute atomic E-state index is 0.224. The van der Waals surface area contributed by atoms with Crippen LogP contribution in [-0.4, -0.2) is 13.4 Å². The third-order valence-corrected chi connectivity index (χ3v) is 3.41. The molecular formula is C12H15N3O3S. The van der Waals surface area contributed by atoms with Crippen molar-refractivity contribution in [3.05, 3.63) is 47.5 Å². The molecule has 0 unspecified atom stereocenters. The summed E-state index contributed by atoms with van der Waals surface area (Å²) in [6.45, 7) is 2.97. The van der Waals surface area contributed by atoms with Gasteiger partial charge in [-0.05, 0) is 30.7 Å². The molecule has 0 spiro atoms. The van der Waals surface area contributed by atoms with Crippen molar-refractivity contribution in [2.75, 3.05) is 0 Å². The number of furan rings is 1. The van der Waals surface area contributed by atoms with E-state index in [1.54, 1.807) is 12.3 Å². The Balaban J connectivity index is 1.93. The van der Waals surface area contributed by atoms with Crippen molar-refractivity contribution in [3.63, 3.8) is 0 Å². The Morgan fingerprint density at radius 3 is 2.74 bits per heavy atom. The van der Waals surface area contributed by atoms with Crippen molar-refractivity contribution in [3.8, 4) is 0 Å². The number of hydrogen-bond donors (Lipinski definition) is 2. The molecule has 2 aromatic heterocycles. The lowest BCUT2D eigenvalue weighted by Crippen LogP contribution is -2.14. The van der Waals surface area contributed by atoms with E-state index in [2.05, 4.69) is 10.3 Å². The summed E-state index contributed by atoms with van der Waals surface area (Å²) in [7, 11) is -3.77. The molecule has 0 aliphatic heterocycles. The number of hydrogen-bond acceptors (Lipinski definition) is 5. The molecule has 6 nitrogen and oxygen atoms in total. The molecule has 2 aromatic rings. The maximum Gasteiger partial charge on any atom is 0.271 e. The summed E-state index contributed by atoms with van der Waals surface area (Å²) in [6, 6.07) is 6.79. The zero-order valence-electron chi connectivity index (χ0n) is 10.5. The van der Waals surface area contributed by atoms with Gasteiger partial charge in [0.1, 0.15) is 5.76 Å². The second-order valence-electron chi connectivity index (χ2n) is 4.14. The predicted octanol–water partition coefficient (Wildman–Crippen LogP) is 0.920. The third-order valence-electron chi connectivity index (χ3n) is 2.63. The first-order valence-corrected chi connectivity index (χ1v) is 7.24. The van der Waals surface area contributed by atoms with E-state index in [-0.39, 0.29) is 5.09 Å². The van der Waals surface area contributed by atoms with Crippen LogP contribution in [-0.2, 0) is 23.1 Å². The quantitative estimate of drug-likeness (QED) is 0.849. The number of rotatable bonds is 5. The molecule has 0 aromatic carbocycles. The van der Waals surface area contributed by atoms with Gasteiger partial charge in [0, 0.05) is 12.7 Å². The number of nitrogens with zero attached hydrogens (tertiary/aromatic N) is 1. The fourth-order valence-electron chi connectivity index (χ4n) is 1.61. The van der Waals surface area contributed by atoms with Crippen LogP contribution < -0.4 is 10.5 Å². The van der Waals surface area contributed by atoms with Gasteiger partial charge in [0.05, 0.1) is 12.2 Å². The molecule has 0 aliphatic carbocycles. The van der Waals surface area contributed by atoms with Gasteiger partial charge in [-0.1, -0.05) is 6.07 Å². The Hall–Kier alpha value is -1.70. The molecule has 0 fully saturated rings. The molecular weight excluding hydrogens is 266 g/mol. The number of nitrogens with one attached hydrogen (secondary N) is 1. The molecule has 0 bridgehead atoms. The number of aromatic nitrogens is 1. The second kappa shape index (κ2) is 5.52. The third kappa shape index (κ3) is 3.63. The SMILES string of the molecule is Cc1cccnc1CNCc1ccc(S(N)(=O)=O)o1. The molecule has 2 rings (SSSR count). The van der Waals surface area contributed by atoms with Gasteiger partial charge in [-0.25, -0.2) is 13.6 Å². The standard InChI is InChI=1S/C12H15N3O3S/c1-9-3-2-6-15-11(9)8-14-7-10-4-5-12(18-10)19(13,16)17/h2-6,14H,7-8H2,1H3,(H2,13,16,17). The highest BCUT2D eigenvalue weighted by atomic mass is 32.2. The zero-order chi connectivity index (χ0) is 13.9. The summed E-state index contributed by atoms with van der Waals surface area (Å²) in [5.41, 5.74) is 2.04. The number of pyridine rings is 1. The lowest BCUT2D eigenvalue weighted by molar-refractivity contribution is 0.402. The average Bonchev–Trinajstić information content (AvgIpc) is 2.80. The molecule has 102 valence electrons. The van der Waals surface area contributed by atoms with Crippen molar-refractivity contribution >= 4 is 10.0 Å². The summed E-state index contributed by atoms with van der Waals surface area (Å²) >= 11 is 0. The molecule has 7 heteroatoms. The van der Waals surface area contributed by atoms with E-state index in [0.29, 0.717) is 18.8 Å². The van der Waals surface area contributed by atoms with Crippen LogP contribution in [0.3, 0.4) is 0 Å². The van der Waals surface area contributed by atoms with Crippen LogP contribution in [0.4, 0.5) is 0 Å². The first-order valence-electron chi connectivity index (χ1n) is 5.69. The summed E-state index contributed by atoms with van der Waals surface area (Å²) in [6.07, 6.45) is 1.73. The van der Waals surface area contributed by atoms with Gasteiger partial charge in [0.15, 0.2) is 0 Å². The number of sulfonamides is 1. The highest BCUT2D eigenvalue weighted by Crippen LogP contribution is 2.12. The highest BCUT2D eigenvalue weighted by molar-refractivity contribution is 7.89. The van der Waals surface area contributed by atoms with Gasteiger partial charge in [0.25, 0.3) is 10.0 Å². The summed E-state index contributed by atoms with van der Waals surface area (Å²) in [5, 5.41) is 7.87. The maximum atomic E-state index is 11.0. The Bertz CT molecular complexity index is 664. The van der Waals surface area contributed by atoms with E-state index in [0.717, 1.165) is 11.3 Å². The molecule has 0 amide bonds. The Kier molecular flexibility index (Phi) is 3.98. The smallest absolute Gasteiger partial charge is 0.271 e. The van der Waals surface area contributed by atoms with Crippen LogP contribution in [0.25, 0.3) is 0 Å². The zero-order valence-corrected chi connectivity index (χ0v) is 11.3. The summed E-state index contributed by atoms with van der Waals surface area (Å²) in [4.78, 5) is 4.24. The Morgan fingerprint density at radius 1 is 1.32 bits per heavy atom. The first-order chi connectivity index (χ1) is 8.97. The fourth-order valence-corrected chi connectivity index (χ4v) is 2.09. The molecule has 0 saturated heterocycles. The maximum absolute atomic E-state index is 11.0. The molecule has 19 heavy (non-hydrogen) atoms. The van der Waals surface area contributed by atoms with Gasteiger partial charge >= 0.3 is 0 Å². The monoisotopic (exact) mass is 281 g/mol. The first kappa shape index (κ1) is 13.7. The molecule has 3 N–H and O–H groups in total. The van der Waals surface area contributed by atoms with E-state index in [1.807, 2.05) is 19.1 Å². The number of aryl methyl sites for hydroxylation is 1. The van der Waals surface area contributed by atoms with Crippen LogP contribution >= 0.6 is 0 Å². The topological polar surface area (TPSA) is 98.2 Å². The van der Waals surface area contributed by atoms with Crippen molar-refractivity contribution in [2.45, 2.75) is 25.1 Å². The molecule has 0 radical (unpaired) electrons. The van der Waals surface area contributed by atoms with E-state index in [1.165, 1.54) is 6.07 Å². The molecule has 0 atom stereocenters. The summed E-state index contributed by atoms with van der Waals surface area (Å²) < 4.78 is 27.2. The number of primary sulfonamides is 1. The van der Waals surface area contributed by atoms with Gasteiger partial charge in [0.2, 0.25) is 5.09 Å². The van der Waals surface area contributed by atoms with Crippen LogP contribution in [0.2, 0.25) is 0 Å². The van der Waals surface area contributed by atoms with Gasteiger partial charge in [-0.3, -0.25) is 4.98 Å². The van der Waals surface area contributed by atoms with Gasteiger partial charge < -0.3 is 9.73 Å². The molecule has 0 saturated carbocycles. The van der Waals surface area contributed by atoms with E-state index in [4.69, 9.17) is 9.56 Å². The minimum atomic E-state index is -3.77. The van der Waals surface area contributed by atoms with Gasteiger partial charge in [-0.2, -0.15) is 0 Å². The predicted molar refractivity (Wildman–Crippen MR) is 69.6 cm³/mol. The lowest BCUT2D eigenvalue weighted by atomic mass is 10.2. The minimum Gasteiger partial charge on any atom is -0.447 e. The lowest BCUT2D eigenvalue weighted by Gasteiger charge is -2.05. The van der Waals surface area contributed by atoms with Crippen LogP contribution in [0, 0.1) is 6.92 Å².